The highest BCUT2D eigenvalue weighted by molar-refractivity contribution is 5.95. The van der Waals surface area contributed by atoms with Gasteiger partial charge in [0.05, 0.1) is 18.3 Å². The van der Waals surface area contributed by atoms with Gasteiger partial charge < -0.3 is 14.7 Å². The first kappa shape index (κ1) is 15.2. The van der Waals surface area contributed by atoms with E-state index in [4.69, 9.17) is 9.84 Å². The number of aliphatic carboxylic acids is 1. The summed E-state index contributed by atoms with van der Waals surface area (Å²) in [6.07, 6.45) is 2.18. The van der Waals surface area contributed by atoms with E-state index in [2.05, 4.69) is 0 Å². The molecule has 21 heavy (non-hydrogen) atoms. The number of hydrogen-bond acceptors (Lipinski definition) is 3. The van der Waals surface area contributed by atoms with E-state index < -0.39 is 17.7 Å². The second kappa shape index (κ2) is 6.49. The second-order valence-corrected chi connectivity index (χ2v) is 4.84. The van der Waals surface area contributed by atoms with Crippen LogP contribution in [0, 0.1) is 5.82 Å². The Kier molecular flexibility index (Phi) is 4.70. The summed E-state index contributed by atoms with van der Waals surface area (Å²) in [5, 5.41) is 8.59. The number of amides is 1. The minimum absolute atomic E-state index is 0.0587. The zero-order valence-electron chi connectivity index (χ0n) is 11.6. The van der Waals surface area contributed by atoms with Crippen molar-refractivity contribution in [3.8, 4) is 0 Å². The van der Waals surface area contributed by atoms with Crippen LogP contribution in [-0.4, -0.2) is 47.7 Å². The molecule has 0 saturated carbocycles. The molecule has 1 unspecified atom stereocenters. The number of nitrogens with zero attached hydrogens (tertiary/aromatic N) is 1. The SMILES string of the molecule is CC1CN(C(=O)c2cc(C=CC(=O)O)ccc2F)CCO1. The lowest BCUT2D eigenvalue weighted by Gasteiger charge is -2.31. The molecule has 1 aromatic rings. The van der Waals surface area contributed by atoms with Crippen LogP contribution in [0.25, 0.3) is 6.08 Å². The molecule has 1 amide bonds. The first-order valence-corrected chi connectivity index (χ1v) is 6.59. The Morgan fingerprint density at radius 2 is 2.24 bits per heavy atom. The van der Waals surface area contributed by atoms with Crippen LogP contribution in [0.1, 0.15) is 22.8 Å². The van der Waals surface area contributed by atoms with Crippen LogP contribution in [-0.2, 0) is 9.53 Å². The number of ether oxygens (including phenoxy) is 1. The Morgan fingerprint density at radius 3 is 2.90 bits per heavy atom. The summed E-state index contributed by atoms with van der Waals surface area (Å²) in [5.41, 5.74) is 0.403. The summed E-state index contributed by atoms with van der Waals surface area (Å²) in [4.78, 5) is 24.4. The van der Waals surface area contributed by atoms with Gasteiger partial charge in [0, 0.05) is 19.2 Å². The molecule has 5 nitrogen and oxygen atoms in total. The van der Waals surface area contributed by atoms with E-state index in [9.17, 15) is 14.0 Å². The molecule has 1 N–H and O–H groups in total. The Balaban J connectivity index is 2.23. The van der Waals surface area contributed by atoms with E-state index >= 15 is 0 Å². The predicted molar refractivity (Wildman–Crippen MR) is 74.4 cm³/mol. The van der Waals surface area contributed by atoms with Crippen molar-refractivity contribution in [1.29, 1.82) is 0 Å². The number of carboxylic acids is 1. The molecule has 1 saturated heterocycles. The summed E-state index contributed by atoms with van der Waals surface area (Å²) in [7, 11) is 0. The summed E-state index contributed by atoms with van der Waals surface area (Å²) < 4.78 is 19.2. The predicted octanol–water partition coefficient (Wildman–Crippen LogP) is 1.78. The molecule has 0 radical (unpaired) electrons. The highest BCUT2D eigenvalue weighted by Crippen LogP contribution is 2.16. The Bertz CT molecular complexity index is 585. The highest BCUT2D eigenvalue weighted by atomic mass is 19.1. The third-order valence-corrected chi connectivity index (χ3v) is 3.17. The lowest BCUT2D eigenvalue weighted by Crippen LogP contribution is -2.44. The Labute approximate surface area is 121 Å². The molecular formula is C15H16FNO4. The Hall–Kier alpha value is -2.21. The molecule has 1 fully saturated rings. The van der Waals surface area contributed by atoms with Gasteiger partial charge in [-0.05, 0) is 30.7 Å². The van der Waals surface area contributed by atoms with Crippen molar-refractivity contribution in [3.05, 3.63) is 41.2 Å². The molecule has 0 aromatic heterocycles. The number of carboxylic acid groups (broad SMARTS) is 1. The molecule has 1 aromatic carbocycles. The van der Waals surface area contributed by atoms with Gasteiger partial charge in [-0.2, -0.15) is 0 Å². The van der Waals surface area contributed by atoms with Crippen molar-refractivity contribution in [1.82, 2.24) is 4.90 Å². The molecule has 2 rings (SSSR count). The van der Waals surface area contributed by atoms with Crippen LogP contribution >= 0.6 is 0 Å². The largest absolute Gasteiger partial charge is 0.478 e. The van der Waals surface area contributed by atoms with Gasteiger partial charge in [-0.3, -0.25) is 4.79 Å². The smallest absolute Gasteiger partial charge is 0.328 e. The molecule has 0 aliphatic carbocycles. The molecule has 1 aliphatic heterocycles. The number of benzene rings is 1. The van der Waals surface area contributed by atoms with Crippen molar-refractivity contribution < 1.29 is 23.8 Å². The summed E-state index contributed by atoms with van der Waals surface area (Å²) in [6.45, 7) is 3.10. The number of carbonyl (C=O) groups is 2. The van der Waals surface area contributed by atoms with Crippen molar-refractivity contribution in [3.63, 3.8) is 0 Å². The highest BCUT2D eigenvalue weighted by Gasteiger charge is 2.24. The van der Waals surface area contributed by atoms with Gasteiger partial charge in [-0.1, -0.05) is 6.07 Å². The zero-order valence-corrected chi connectivity index (χ0v) is 11.6. The number of morpholine rings is 1. The average Bonchev–Trinajstić information content (AvgIpc) is 2.45. The molecule has 6 heteroatoms. The van der Waals surface area contributed by atoms with Gasteiger partial charge in [0.15, 0.2) is 0 Å². The first-order valence-electron chi connectivity index (χ1n) is 6.59. The maximum atomic E-state index is 13.9. The summed E-state index contributed by atoms with van der Waals surface area (Å²) >= 11 is 0. The summed E-state index contributed by atoms with van der Waals surface area (Å²) in [5.74, 6) is -2.13. The van der Waals surface area contributed by atoms with Crippen LogP contribution in [0.3, 0.4) is 0 Å². The normalized spacial score (nSPS) is 19.0. The quantitative estimate of drug-likeness (QED) is 0.863. The molecule has 1 aliphatic rings. The maximum absolute atomic E-state index is 13.9. The third kappa shape index (κ3) is 3.88. The third-order valence-electron chi connectivity index (χ3n) is 3.17. The van der Waals surface area contributed by atoms with Crippen LogP contribution in [0.5, 0.6) is 0 Å². The van der Waals surface area contributed by atoms with Gasteiger partial charge in [0.1, 0.15) is 5.82 Å². The fourth-order valence-electron chi connectivity index (χ4n) is 2.15. The average molecular weight is 293 g/mol. The fourth-order valence-corrected chi connectivity index (χ4v) is 2.15. The van der Waals surface area contributed by atoms with E-state index in [1.54, 1.807) is 0 Å². The van der Waals surface area contributed by atoms with Gasteiger partial charge in [0.2, 0.25) is 0 Å². The monoisotopic (exact) mass is 293 g/mol. The second-order valence-electron chi connectivity index (χ2n) is 4.84. The van der Waals surface area contributed by atoms with E-state index in [0.29, 0.717) is 25.3 Å². The number of carbonyl (C=O) groups excluding carboxylic acids is 1. The minimum Gasteiger partial charge on any atom is -0.478 e. The maximum Gasteiger partial charge on any atom is 0.328 e. The topological polar surface area (TPSA) is 66.8 Å². The Morgan fingerprint density at radius 1 is 1.48 bits per heavy atom. The van der Waals surface area contributed by atoms with Gasteiger partial charge in [-0.25, -0.2) is 9.18 Å². The van der Waals surface area contributed by atoms with Crippen molar-refractivity contribution in [2.45, 2.75) is 13.0 Å². The fraction of sp³-hybridized carbons (Fsp3) is 0.333. The molecular weight excluding hydrogens is 277 g/mol. The molecule has 1 atom stereocenters. The van der Waals surface area contributed by atoms with Crippen molar-refractivity contribution in [2.75, 3.05) is 19.7 Å². The van der Waals surface area contributed by atoms with E-state index in [1.165, 1.54) is 29.2 Å². The van der Waals surface area contributed by atoms with Gasteiger partial charge in [0.25, 0.3) is 5.91 Å². The standard InChI is InChI=1S/C15H16FNO4/c1-10-9-17(6-7-21-10)15(20)12-8-11(2-4-13(12)16)3-5-14(18)19/h2-5,8,10H,6-7,9H2,1H3,(H,18,19). The van der Waals surface area contributed by atoms with E-state index in [-0.39, 0.29) is 11.7 Å². The van der Waals surface area contributed by atoms with E-state index in [0.717, 1.165) is 6.08 Å². The summed E-state index contributed by atoms with van der Waals surface area (Å²) in [6, 6.07) is 3.95. The van der Waals surface area contributed by atoms with Crippen LogP contribution < -0.4 is 0 Å². The molecule has 112 valence electrons. The number of hydrogen-bond donors (Lipinski definition) is 1. The number of rotatable bonds is 3. The van der Waals surface area contributed by atoms with Crippen molar-refractivity contribution in [2.24, 2.45) is 0 Å². The van der Waals surface area contributed by atoms with Crippen molar-refractivity contribution >= 4 is 18.0 Å². The molecule has 1 heterocycles. The first-order chi connectivity index (χ1) is 9.97. The number of halogens is 1. The molecule has 0 spiro atoms. The zero-order chi connectivity index (χ0) is 15.4. The lowest BCUT2D eigenvalue weighted by atomic mass is 10.1. The van der Waals surface area contributed by atoms with Crippen LogP contribution in [0.4, 0.5) is 4.39 Å². The lowest BCUT2D eigenvalue weighted by molar-refractivity contribution is -0.131. The molecule has 0 bridgehead atoms. The van der Waals surface area contributed by atoms with Crippen LogP contribution in [0.15, 0.2) is 24.3 Å². The van der Waals surface area contributed by atoms with Gasteiger partial charge >= 0.3 is 5.97 Å². The minimum atomic E-state index is -1.10. The van der Waals surface area contributed by atoms with Gasteiger partial charge in [-0.15, -0.1) is 0 Å². The van der Waals surface area contributed by atoms with Crippen LogP contribution in [0.2, 0.25) is 0 Å². The van der Waals surface area contributed by atoms with E-state index in [1.807, 2.05) is 6.92 Å².